The highest BCUT2D eigenvalue weighted by molar-refractivity contribution is 5.19. The Morgan fingerprint density at radius 2 is 2.11 bits per heavy atom. The molecule has 0 aliphatic rings. The van der Waals surface area contributed by atoms with Gasteiger partial charge in [-0.05, 0) is 12.5 Å². The van der Waals surface area contributed by atoms with Crippen LogP contribution >= 0.6 is 0 Å². The van der Waals surface area contributed by atoms with Crippen LogP contribution in [-0.4, -0.2) is 18.9 Å². The number of ether oxygens (including phenoxy) is 1. The van der Waals surface area contributed by atoms with Crippen molar-refractivity contribution in [1.29, 1.82) is 0 Å². The number of nitrogens with zero attached hydrogens (tertiary/aromatic N) is 1. The van der Waals surface area contributed by atoms with Crippen molar-refractivity contribution < 1.29 is 9.26 Å². The molecule has 1 heterocycles. The van der Waals surface area contributed by atoms with Crippen molar-refractivity contribution >= 4 is 0 Å². The van der Waals surface area contributed by atoms with Crippen LogP contribution in [0.2, 0.25) is 0 Å². The van der Waals surface area contributed by atoms with Gasteiger partial charge in [0.15, 0.2) is 0 Å². The first-order valence-electron chi connectivity index (χ1n) is 5.99. The molecule has 0 aliphatic carbocycles. The van der Waals surface area contributed by atoms with Gasteiger partial charge in [-0.15, -0.1) is 0 Å². The Kier molecular flexibility index (Phi) is 4.50. The fourth-order valence-corrected chi connectivity index (χ4v) is 1.85. The van der Waals surface area contributed by atoms with Gasteiger partial charge < -0.3 is 14.6 Å². The lowest BCUT2D eigenvalue weighted by Crippen LogP contribution is -2.24. The van der Waals surface area contributed by atoms with Gasteiger partial charge in [0.05, 0.1) is 18.3 Å². The second kappa shape index (κ2) is 6.33. The summed E-state index contributed by atoms with van der Waals surface area (Å²) in [6, 6.07) is 12.3. The molecular weight excluding hydrogens is 228 g/mol. The van der Waals surface area contributed by atoms with Gasteiger partial charge in [0.2, 0.25) is 0 Å². The van der Waals surface area contributed by atoms with Crippen molar-refractivity contribution in [1.82, 2.24) is 10.5 Å². The zero-order chi connectivity index (χ0) is 12.8. The van der Waals surface area contributed by atoms with Gasteiger partial charge in [0, 0.05) is 19.7 Å². The fourth-order valence-electron chi connectivity index (χ4n) is 1.85. The maximum absolute atomic E-state index is 5.25. The number of aromatic nitrogens is 1. The average molecular weight is 246 g/mol. The van der Waals surface area contributed by atoms with Crippen LogP contribution < -0.4 is 5.32 Å². The van der Waals surface area contributed by atoms with Crippen LogP contribution in [0.4, 0.5) is 0 Å². The Labute approximate surface area is 107 Å². The number of hydrogen-bond acceptors (Lipinski definition) is 4. The van der Waals surface area contributed by atoms with Gasteiger partial charge >= 0.3 is 0 Å². The van der Waals surface area contributed by atoms with Crippen LogP contribution in [0.3, 0.4) is 0 Å². The van der Waals surface area contributed by atoms with E-state index in [0.29, 0.717) is 13.2 Å². The molecule has 0 spiro atoms. The summed E-state index contributed by atoms with van der Waals surface area (Å²) in [5, 5.41) is 7.38. The normalized spacial score (nSPS) is 12.6. The van der Waals surface area contributed by atoms with Crippen LogP contribution in [0, 0.1) is 6.92 Å². The highest BCUT2D eigenvalue weighted by atomic mass is 16.5. The molecule has 0 aliphatic heterocycles. The molecule has 0 bridgehead atoms. The Hall–Kier alpha value is -1.65. The average Bonchev–Trinajstić information content (AvgIpc) is 2.81. The molecular formula is C14H18N2O2. The van der Waals surface area contributed by atoms with Crippen molar-refractivity contribution in [3.05, 3.63) is 53.4 Å². The molecule has 0 amide bonds. The van der Waals surface area contributed by atoms with Crippen molar-refractivity contribution in [2.24, 2.45) is 0 Å². The minimum absolute atomic E-state index is 0.160. The van der Waals surface area contributed by atoms with E-state index in [1.165, 1.54) is 5.56 Å². The molecule has 2 rings (SSSR count). The van der Waals surface area contributed by atoms with E-state index in [1.807, 2.05) is 31.2 Å². The third-order valence-corrected chi connectivity index (χ3v) is 2.74. The first-order chi connectivity index (χ1) is 8.79. The maximum atomic E-state index is 5.25. The van der Waals surface area contributed by atoms with Crippen molar-refractivity contribution in [2.45, 2.75) is 19.5 Å². The topological polar surface area (TPSA) is 47.3 Å². The van der Waals surface area contributed by atoms with Crippen LogP contribution in [0.1, 0.15) is 23.1 Å². The zero-order valence-corrected chi connectivity index (χ0v) is 10.7. The molecule has 1 N–H and O–H groups in total. The molecule has 96 valence electrons. The van der Waals surface area contributed by atoms with Gasteiger partial charge in [0.25, 0.3) is 0 Å². The molecule has 18 heavy (non-hydrogen) atoms. The van der Waals surface area contributed by atoms with E-state index in [1.54, 1.807) is 7.11 Å². The number of nitrogens with one attached hydrogen (secondary N) is 1. The fraction of sp³-hybridized carbons (Fsp3) is 0.357. The zero-order valence-electron chi connectivity index (χ0n) is 10.7. The van der Waals surface area contributed by atoms with E-state index in [0.717, 1.165) is 11.5 Å². The lowest BCUT2D eigenvalue weighted by Gasteiger charge is -2.17. The Morgan fingerprint density at radius 3 is 2.72 bits per heavy atom. The molecule has 0 fully saturated rings. The van der Waals surface area contributed by atoms with Crippen LogP contribution in [0.15, 0.2) is 40.9 Å². The summed E-state index contributed by atoms with van der Waals surface area (Å²) >= 11 is 0. The highest BCUT2D eigenvalue weighted by Gasteiger charge is 2.11. The number of hydrogen-bond donors (Lipinski definition) is 1. The second-order valence-corrected chi connectivity index (χ2v) is 4.23. The van der Waals surface area contributed by atoms with Crippen molar-refractivity contribution in [3.8, 4) is 0 Å². The van der Waals surface area contributed by atoms with Crippen molar-refractivity contribution in [3.63, 3.8) is 0 Å². The Balaban J connectivity index is 1.98. The van der Waals surface area contributed by atoms with E-state index in [-0.39, 0.29) is 6.04 Å². The molecule has 0 radical (unpaired) electrons. The molecule has 0 saturated carbocycles. The molecule has 4 heteroatoms. The molecule has 4 nitrogen and oxygen atoms in total. The van der Waals surface area contributed by atoms with Crippen LogP contribution in [0.25, 0.3) is 0 Å². The summed E-state index contributed by atoms with van der Waals surface area (Å²) in [5.41, 5.74) is 2.11. The van der Waals surface area contributed by atoms with Crippen LogP contribution in [0.5, 0.6) is 0 Å². The maximum Gasteiger partial charge on any atom is 0.133 e. The lowest BCUT2D eigenvalue weighted by atomic mass is 10.1. The summed E-state index contributed by atoms with van der Waals surface area (Å²) in [5.74, 6) is 0.829. The largest absolute Gasteiger partial charge is 0.383 e. The van der Waals surface area contributed by atoms with E-state index in [9.17, 15) is 0 Å². The van der Waals surface area contributed by atoms with E-state index < -0.39 is 0 Å². The summed E-state index contributed by atoms with van der Waals surface area (Å²) in [6.07, 6.45) is 0. The third-order valence-electron chi connectivity index (χ3n) is 2.74. The predicted octanol–water partition coefficient (Wildman–Crippen LogP) is 2.46. The first-order valence-corrected chi connectivity index (χ1v) is 5.99. The number of methoxy groups -OCH3 is 1. The summed E-state index contributed by atoms with van der Waals surface area (Å²) in [4.78, 5) is 0. The van der Waals surface area contributed by atoms with E-state index >= 15 is 0 Å². The predicted molar refractivity (Wildman–Crippen MR) is 69.1 cm³/mol. The Morgan fingerprint density at radius 1 is 1.33 bits per heavy atom. The number of rotatable bonds is 6. The molecule has 1 atom stereocenters. The first kappa shape index (κ1) is 12.8. The number of aryl methyl sites for hydroxylation is 1. The molecule has 2 aromatic rings. The summed E-state index contributed by atoms with van der Waals surface area (Å²) < 4.78 is 10.3. The third kappa shape index (κ3) is 3.42. The summed E-state index contributed by atoms with van der Waals surface area (Å²) in [7, 11) is 1.71. The summed E-state index contributed by atoms with van der Waals surface area (Å²) in [6.45, 7) is 3.18. The van der Waals surface area contributed by atoms with Gasteiger partial charge in [-0.25, -0.2) is 0 Å². The minimum Gasteiger partial charge on any atom is -0.383 e. The lowest BCUT2D eigenvalue weighted by molar-refractivity contribution is 0.166. The molecule has 1 unspecified atom stereocenters. The second-order valence-electron chi connectivity index (χ2n) is 4.23. The van der Waals surface area contributed by atoms with Gasteiger partial charge in [-0.2, -0.15) is 0 Å². The SMILES string of the molecule is COCC(NCc1cc(C)on1)c1ccccc1. The number of benzene rings is 1. The molecule has 1 aromatic heterocycles. The highest BCUT2D eigenvalue weighted by Crippen LogP contribution is 2.13. The smallest absolute Gasteiger partial charge is 0.133 e. The van der Waals surface area contributed by atoms with Crippen molar-refractivity contribution in [2.75, 3.05) is 13.7 Å². The van der Waals surface area contributed by atoms with E-state index in [2.05, 4.69) is 22.6 Å². The van der Waals surface area contributed by atoms with Gasteiger partial charge in [-0.3, -0.25) is 0 Å². The Bertz CT molecular complexity index is 468. The molecule has 1 aromatic carbocycles. The monoisotopic (exact) mass is 246 g/mol. The standard InChI is InChI=1S/C14H18N2O2/c1-11-8-13(16-18-11)9-15-14(10-17-2)12-6-4-3-5-7-12/h3-8,14-15H,9-10H2,1-2H3. The molecule has 0 saturated heterocycles. The minimum atomic E-state index is 0.160. The van der Waals surface area contributed by atoms with Gasteiger partial charge in [-0.1, -0.05) is 35.5 Å². The van der Waals surface area contributed by atoms with Gasteiger partial charge in [0.1, 0.15) is 5.76 Å². The van der Waals surface area contributed by atoms with Crippen LogP contribution in [-0.2, 0) is 11.3 Å². The quantitative estimate of drug-likeness (QED) is 0.850. The van der Waals surface area contributed by atoms with E-state index in [4.69, 9.17) is 9.26 Å².